The van der Waals surface area contributed by atoms with Crippen LogP contribution in [-0.4, -0.2) is 101 Å². The Balaban J connectivity index is 1.18. The van der Waals surface area contributed by atoms with E-state index >= 15 is 0 Å². The van der Waals surface area contributed by atoms with Crippen molar-refractivity contribution in [1.29, 1.82) is 0 Å². The van der Waals surface area contributed by atoms with Gasteiger partial charge in [0, 0.05) is 74.0 Å². The molecule has 7 aromatic rings. The number of phenols is 1. The van der Waals surface area contributed by atoms with Gasteiger partial charge < -0.3 is 54.2 Å². The molecule has 0 spiro atoms. The molecule has 96 heavy (non-hydrogen) atoms. The first-order chi connectivity index (χ1) is 45.2. The first-order valence-corrected chi connectivity index (χ1v) is 34.3. The van der Waals surface area contributed by atoms with E-state index in [9.17, 15) is 15.0 Å². The maximum atomic E-state index is 14.8. The zero-order valence-electron chi connectivity index (χ0n) is 61.0. The molecule has 3 aliphatic rings. The molecule has 12 bridgehead atoms. The van der Waals surface area contributed by atoms with Gasteiger partial charge in [-0.05, 0) is 154 Å². The van der Waals surface area contributed by atoms with E-state index in [4.69, 9.17) is 33.4 Å². The lowest BCUT2D eigenvalue weighted by atomic mass is 9.79. The number of rotatable bonds is 11. The van der Waals surface area contributed by atoms with E-state index in [2.05, 4.69) is 180 Å². The molecule has 7 aromatic carbocycles. The molecule has 1 amide bonds. The number of carbonyl (C=O) groups excluding carboxylic acids is 1. The lowest BCUT2D eigenvalue weighted by molar-refractivity contribution is 0.102. The fourth-order valence-electron chi connectivity index (χ4n) is 13.9. The number of hydrogen-bond acceptors (Lipinski definition) is 12. The highest BCUT2D eigenvalue weighted by Gasteiger charge is 2.32. The van der Waals surface area contributed by atoms with Crippen LogP contribution in [0, 0.1) is 0 Å². The van der Waals surface area contributed by atoms with Crippen molar-refractivity contribution in [3.05, 3.63) is 197 Å². The number of aromatic hydroxyl groups is 1. The van der Waals surface area contributed by atoms with E-state index < -0.39 is 0 Å². The Kier molecular flexibility index (Phi) is 20.4. The molecule has 13 nitrogen and oxygen atoms in total. The summed E-state index contributed by atoms with van der Waals surface area (Å²) in [6, 6.07) is 33.8. The number of aliphatic imine (C=N–C) groups is 1. The Morgan fingerprint density at radius 1 is 0.479 bits per heavy atom. The molecule has 1 saturated heterocycles. The van der Waals surface area contributed by atoms with E-state index in [0.717, 1.165) is 116 Å². The zero-order chi connectivity index (χ0) is 69.6. The summed E-state index contributed by atoms with van der Waals surface area (Å²) in [5.74, 6) is 5.00. The van der Waals surface area contributed by atoms with Gasteiger partial charge in [-0.3, -0.25) is 4.79 Å². The Morgan fingerprint density at radius 2 is 0.802 bits per heavy atom. The highest BCUT2D eigenvalue weighted by molar-refractivity contribution is 6.04. The SMILES string of the molecule is COc1c2cc(C(C)(C)C)cc1Cc1cc(C(C)(C)C)cc(c1OC)Cc1cc(C(C)(C)C)cc(c1OC)Cc1cc(C(C)(C)C)cc(c1OC)Cc1cc(C(C)(C)C)cc(c1OC)Cc1cc(NC(=O)c3cccc(OC[C@@H]4CCN5CC[C@H](CO)N=C5N4)c3)cc(c1O)C2. The predicted molar refractivity (Wildman–Crippen MR) is 389 cm³/mol. The summed E-state index contributed by atoms with van der Waals surface area (Å²) in [5.41, 5.74) is 16.7. The van der Waals surface area contributed by atoms with Gasteiger partial charge in [0.1, 0.15) is 46.9 Å². The number of hydrogen-bond donors (Lipinski definition) is 4. The minimum atomic E-state index is -0.332. The molecule has 0 saturated carbocycles. The summed E-state index contributed by atoms with van der Waals surface area (Å²) in [6.45, 7) is 35.8. The molecular weight excluding hydrogens is 1200 g/mol. The van der Waals surface area contributed by atoms with Crippen LogP contribution in [-0.2, 0) is 65.6 Å². The van der Waals surface area contributed by atoms with Crippen molar-refractivity contribution in [2.24, 2.45) is 4.99 Å². The molecule has 1 aliphatic carbocycles. The number of phenolic OH excluding ortho intramolecular Hbond substituents is 1. The zero-order valence-corrected chi connectivity index (χ0v) is 61.0. The Morgan fingerprint density at radius 3 is 1.11 bits per heavy atom. The third-order valence-corrected chi connectivity index (χ3v) is 19.6. The minimum Gasteiger partial charge on any atom is -0.507 e. The number of aliphatic hydroxyl groups excluding tert-OH is 1. The van der Waals surface area contributed by atoms with Crippen molar-refractivity contribution in [2.75, 3.05) is 67.2 Å². The van der Waals surface area contributed by atoms with Gasteiger partial charge in [0.05, 0.1) is 54.2 Å². The molecule has 0 unspecified atom stereocenters. The van der Waals surface area contributed by atoms with Crippen LogP contribution < -0.4 is 39.1 Å². The largest absolute Gasteiger partial charge is 0.507 e. The number of carbonyl (C=O) groups is 1. The molecule has 0 aromatic heterocycles. The number of anilines is 1. The standard InChI is InChI=1S/C83H106N4O9/c1-79(2,3)62-34-52-28-50-44-69(84-77(90)49-22-21-23-70(46-49)96-48-68-25-27-87-26-24-67(47-88)85-78(87)86-68)45-51(71(50)89)29-53-35-63(80(4,5)6)37-55(73(53)92-17)31-57-39-65(82(10,11)12)41-59(75(57)94-19)33-61-43-66(83(13,14)15)42-60(76(61)95-20)32-58-40-64(81(7,8)9)38-56(74(58)93-18)30-54(36-62)72(52)91-16/h21-23,34-46,67-68,88-89H,24-33,47-48H2,1-20H3,(H,84,90)(H,85,86)/t67-,68+/m1/s1. The molecule has 512 valence electrons. The van der Waals surface area contributed by atoms with Crippen LogP contribution in [0.15, 0.2) is 102 Å². The van der Waals surface area contributed by atoms with E-state index in [-0.39, 0.29) is 70.3 Å². The van der Waals surface area contributed by atoms with Crippen LogP contribution in [0.5, 0.6) is 40.2 Å². The second-order valence-electron chi connectivity index (χ2n) is 32.1. The lowest BCUT2D eigenvalue weighted by Gasteiger charge is -2.39. The molecule has 1 fully saturated rings. The summed E-state index contributed by atoms with van der Waals surface area (Å²) in [5, 5.41) is 29.8. The van der Waals surface area contributed by atoms with Gasteiger partial charge in [-0.25, -0.2) is 4.99 Å². The summed E-state index contributed by atoms with van der Waals surface area (Å²) < 4.78 is 39.6. The number of ether oxygens (including phenoxy) is 6. The number of benzene rings is 7. The third kappa shape index (κ3) is 15.6. The maximum absolute atomic E-state index is 14.8. The molecule has 2 aliphatic heterocycles. The topological polar surface area (TPSA) is 153 Å². The number of fused-ring (bicyclic) bond motifs is 13. The van der Waals surface area contributed by atoms with Crippen molar-refractivity contribution in [3.63, 3.8) is 0 Å². The van der Waals surface area contributed by atoms with Gasteiger partial charge >= 0.3 is 0 Å². The second-order valence-corrected chi connectivity index (χ2v) is 32.1. The summed E-state index contributed by atoms with van der Waals surface area (Å²) >= 11 is 0. The average molecular weight is 1300 g/mol. The highest BCUT2D eigenvalue weighted by atomic mass is 16.5. The maximum Gasteiger partial charge on any atom is 0.255 e. The Bertz CT molecular complexity index is 3880. The molecule has 2 atom stereocenters. The number of guanidine groups is 1. The molecular formula is C83H106N4O9. The number of nitrogens with zero attached hydrogens (tertiary/aromatic N) is 2. The summed E-state index contributed by atoms with van der Waals surface area (Å²) in [4.78, 5) is 21.8. The van der Waals surface area contributed by atoms with Crippen molar-refractivity contribution in [1.82, 2.24) is 10.2 Å². The Labute approximate surface area is 572 Å². The van der Waals surface area contributed by atoms with Crippen LogP contribution in [0.1, 0.15) is 222 Å². The van der Waals surface area contributed by atoms with E-state index in [1.807, 2.05) is 24.3 Å². The van der Waals surface area contributed by atoms with E-state index in [0.29, 0.717) is 71.9 Å². The minimum absolute atomic E-state index is 0.00225. The van der Waals surface area contributed by atoms with E-state index in [1.54, 1.807) is 47.7 Å². The van der Waals surface area contributed by atoms with Gasteiger partial charge in [-0.2, -0.15) is 0 Å². The monoisotopic (exact) mass is 1300 g/mol. The third-order valence-electron chi connectivity index (χ3n) is 19.6. The van der Waals surface area contributed by atoms with E-state index in [1.165, 1.54) is 16.7 Å². The van der Waals surface area contributed by atoms with Crippen LogP contribution >= 0.6 is 0 Å². The van der Waals surface area contributed by atoms with Crippen LogP contribution in [0.2, 0.25) is 0 Å². The van der Waals surface area contributed by atoms with Gasteiger partial charge in [0.2, 0.25) is 0 Å². The molecule has 10 rings (SSSR count). The normalized spacial score (nSPS) is 16.3. The predicted octanol–water partition coefficient (Wildman–Crippen LogP) is 16.2. The number of nitrogens with one attached hydrogen (secondary N) is 2. The first-order valence-electron chi connectivity index (χ1n) is 34.3. The molecule has 2 heterocycles. The van der Waals surface area contributed by atoms with Crippen molar-refractivity contribution < 1.29 is 43.4 Å². The van der Waals surface area contributed by atoms with Crippen molar-refractivity contribution in [2.45, 2.75) is 194 Å². The Hall–Kier alpha value is -8.16. The summed E-state index contributed by atoms with van der Waals surface area (Å²) in [7, 11) is 8.81. The first kappa shape index (κ1) is 70.6. The average Bonchev–Trinajstić information content (AvgIpc) is 0.740. The van der Waals surface area contributed by atoms with Gasteiger partial charge in [0.25, 0.3) is 5.91 Å². The van der Waals surface area contributed by atoms with Gasteiger partial charge in [-0.1, -0.05) is 171 Å². The fourth-order valence-corrected chi connectivity index (χ4v) is 13.9. The number of methoxy groups -OCH3 is 5. The van der Waals surface area contributed by atoms with Gasteiger partial charge in [-0.15, -0.1) is 0 Å². The quantitative estimate of drug-likeness (QED) is 0.0916. The lowest BCUT2D eigenvalue weighted by Crippen LogP contribution is -2.57. The smallest absolute Gasteiger partial charge is 0.255 e. The summed E-state index contributed by atoms with van der Waals surface area (Å²) in [6.07, 6.45) is 4.26. The molecule has 4 N–H and O–H groups in total. The molecule has 0 radical (unpaired) electrons. The van der Waals surface area contributed by atoms with Crippen LogP contribution in [0.3, 0.4) is 0 Å². The fraction of sp³-hybridized carbons (Fsp3) is 0.470. The van der Waals surface area contributed by atoms with Gasteiger partial charge in [0.15, 0.2) is 5.96 Å². The van der Waals surface area contributed by atoms with Crippen molar-refractivity contribution >= 4 is 17.6 Å². The second kappa shape index (κ2) is 27.8. The number of aliphatic hydroxyl groups is 1. The highest BCUT2D eigenvalue weighted by Crippen LogP contribution is 2.46. The molecule has 13 heteroatoms. The number of amides is 1. The van der Waals surface area contributed by atoms with Crippen molar-refractivity contribution in [3.8, 4) is 40.2 Å². The van der Waals surface area contributed by atoms with Crippen LogP contribution in [0.4, 0.5) is 5.69 Å². The van der Waals surface area contributed by atoms with Crippen LogP contribution in [0.25, 0.3) is 0 Å².